The molecule has 1 fully saturated rings. The van der Waals surface area contributed by atoms with Gasteiger partial charge in [0.05, 0.1) is 0 Å². The maximum absolute atomic E-state index is 5.23. The molecule has 0 bridgehead atoms. The lowest BCUT2D eigenvalue weighted by Crippen LogP contribution is -2.22. The van der Waals surface area contributed by atoms with Gasteiger partial charge in [-0.2, -0.15) is 5.10 Å². The van der Waals surface area contributed by atoms with Crippen LogP contribution in [0.4, 0.5) is 0 Å². The first kappa shape index (κ1) is 8.99. The molecule has 4 N–H and O–H groups in total. The van der Waals surface area contributed by atoms with E-state index in [4.69, 9.17) is 11.5 Å². The van der Waals surface area contributed by atoms with Crippen LogP contribution in [0.5, 0.6) is 0 Å². The molecule has 2 rings (SSSR count). The van der Waals surface area contributed by atoms with Crippen LogP contribution in [0.3, 0.4) is 0 Å². The minimum absolute atomic E-state index is 0.0290. The highest BCUT2D eigenvalue weighted by molar-refractivity contribution is 5.93. The number of allylic oxidation sites excluding steroid dienone is 4. The molecule has 0 radical (unpaired) electrons. The van der Waals surface area contributed by atoms with E-state index < -0.39 is 0 Å². The first-order valence-corrected chi connectivity index (χ1v) is 4.78. The summed E-state index contributed by atoms with van der Waals surface area (Å²) in [5.41, 5.74) is 13.0. The molecular formula is C10H14N4. The second-order valence-electron chi connectivity index (χ2n) is 3.57. The van der Waals surface area contributed by atoms with Gasteiger partial charge in [-0.25, -0.2) is 0 Å². The van der Waals surface area contributed by atoms with E-state index in [2.05, 4.69) is 28.4 Å². The third-order valence-corrected chi connectivity index (χ3v) is 2.63. The maximum Gasteiger partial charge on any atom is 0.211 e. The molecule has 0 aromatic rings. The molecular weight excluding hydrogens is 176 g/mol. The van der Waals surface area contributed by atoms with E-state index in [0.717, 1.165) is 25.0 Å². The topological polar surface area (TPSA) is 76.8 Å². The van der Waals surface area contributed by atoms with Crippen molar-refractivity contribution >= 4 is 11.7 Å². The minimum atomic E-state index is 0.0290. The summed E-state index contributed by atoms with van der Waals surface area (Å²) < 4.78 is 0. The number of fused-ring (bicyclic) bond motifs is 1. The highest BCUT2D eigenvalue weighted by Gasteiger charge is 2.27. The van der Waals surface area contributed by atoms with Gasteiger partial charge in [-0.15, -0.1) is 5.10 Å². The Morgan fingerprint density at radius 1 is 1.36 bits per heavy atom. The lowest BCUT2D eigenvalue weighted by molar-refractivity contribution is 0.818. The molecule has 1 unspecified atom stereocenters. The molecule has 2 aliphatic carbocycles. The van der Waals surface area contributed by atoms with Gasteiger partial charge in [0.1, 0.15) is 0 Å². The Morgan fingerprint density at radius 2 is 2.21 bits per heavy atom. The van der Waals surface area contributed by atoms with Crippen molar-refractivity contribution in [2.24, 2.45) is 27.6 Å². The van der Waals surface area contributed by atoms with Gasteiger partial charge >= 0.3 is 0 Å². The summed E-state index contributed by atoms with van der Waals surface area (Å²) in [6.07, 6.45) is 9.54. The Hall–Kier alpha value is -1.58. The summed E-state index contributed by atoms with van der Waals surface area (Å²) >= 11 is 0. The van der Waals surface area contributed by atoms with Crippen LogP contribution >= 0.6 is 0 Å². The van der Waals surface area contributed by atoms with Crippen LogP contribution in [0, 0.1) is 5.92 Å². The lowest BCUT2D eigenvalue weighted by atomic mass is 9.94. The molecule has 4 nitrogen and oxygen atoms in total. The van der Waals surface area contributed by atoms with Gasteiger partial charge in [0.15, 0.2) is 0 Å². The van der Waals surface area contributed by atoms with Crippen LogP contribution in [0.2, 0.25) is 0 Å². The van der Waals surface area contributed by atoms with E-state index in [-0.39, 0.29) is 5.96 Å². The molecule has 0 saturated heterocycles. The van der Waals surface area contributed by atoms with Gasteiger partial charge in [-0.3, -0.25) is 0 Å². The van der Waals surface area contributed by atoms with Crippen molar-refractivity contribution in [2.75, 3.05) is 0 Å². The van der Waals surface area contributed by atoms with Crippen LogP contribution < -0.4 is 11.5 Å². The van der Waals surface area contributed by atoms with E-state index in [1.807, 2.05) is 0 Å². The van der Waals surface area contributed by atoms with Crippen molar-refractivity contribution in [1.82, 2.24) is 0 Å². The molecule has 0 heterocycles. The van der Waals surface area contributed by atoms with E-state index in [0.29, 0.717) is 5.92 Å². The van der Waals surface area contributed by atoms with Crippen molar-refractivity contribution in [2.45, 2.75) is 19.3 Å². The van der Waals surface area contributed by atoms with Gasteiger partial charge < -0.3 is 11.5 Å². The molecule has 0 amide bonds. The van der Waals surface area contributed by atoms with Gasteiger partial charge in [0.25, 0.3) is 0 Å². The van der Waals surface area contributed by atoms with E-state index in [1.165, 1.54) is 5.57 Å². The number of guanidine groups is 1. The monoisotopic (exact) mass is 190 g/mol. The zero-order valence-electron chi connectivity index (χ0n) is 7.98. The lowest BCUT2D eigenvalue weighted by Gasteiger charge is -2.12. The van der Waals surface area contributed by atoms with Crippen LogP contribution in [-0.4, -0.2) is 11.7 Å². The molecule has 14 heavy (non-hydrogen) atoms. The Bertz CT molecular complexity index is 345. The third-order valence-electron chi connectivity index (χ3n) is 2.63. The predicted molar refractivity (Wildman–Crippen MR) is 57.8 cm³/mol. The Labute approximate surface area is 83.1 Å². The molecule has 0 aliphatic heterocycles. The minimum Gasteiger partial charge on any atom is -0.369 e. The second-order valence-corrected chi connectivity index (χ2v) is 3.57. The molecule has 4 heteroatoms. The quantitative estimate of drug-likeness (QED) is 0.366. The Morgan fingerprint density at radius 3 is 3.00 bits per heavy atom. The van der Waals surface area contributed by atoms with E-state index >= 15 is 0 Å². The van der Waals surface area contributed by atoms with Crippen LogP contribution in [0.1, 0.15) is 19.3 Å². The van der Waals surface area contributed by atoms with Crippen molar-refractivity contribution in [3.63, 3.8) is 0 Å². The normalized spacial score (nSPS) is 27.3. The second kappa shape index (κ2) is 3.65. The standard InChI is InChI=1S/C10H14N4/c11-10(12)14-13-9-6-5-7-3-1-2-4-8(7)9/h1-3,8H,4-6H2,(H4,11,12,14). The molecule has 0 aromatic heterocycles. The highest BCUT2D eigenvalue weighted by Crippen LogP contribution is 2.34. The first-order chi connectivity index (χ1) is 6.77. The SMILES string of the molecule is NC(N)=NN=C1CCC2=CC=CCC21. The molecule has 74 valence electrons. The van der Waals surface area contributed by atoms with Crippen molar-refractivity contribution in [1.29, 1.82) is 0 Å². The molecule has 0 aromatic carbocycles. The summed E-state index contributed by atoms with van der Waals surface area (Å²) in [6.45, 7) is 0. The van der Waals surface area contributed by atoms with Gasteiger partial charge in [-0.05, 0) is 19.3 Å². The molecule has 2 aliphatic rings. The number of hydrogen-bond donors (Lipinski definition) is 2. The fourth-order valence-electron chi connectivity index (χ4n) is 1.97. The number of hydrogen-bond acceptors (Lipinski definition) is 2. The van der Waals surface area contributed by atoms with Gasteiger partial charge in [0.2, 0.25) is 5.96 Å². The number of nitrogens with zero attached hydrogens (tertiary/aromatic N) is 2. The maximum atomic E-state index is 5.23. The smallest absolute Gasteiger partial charge is 0.211 e. The fraction of sp³-hybridized carbons (Fsp3) is 0.400. The number of nitrogens with two attached hydrogens (primary N) is 2. The van der Waals surface area contributed by atoms with Crippen molar-refractivity contribution in [3.05, 3.63) is 23.8 Å². The van der Waals surface area contributed by atoms with E-state index in [9.17, 15) is 0 Å². The van der Waals surface area contributed by atoms with Crippen LogP contribution in [0.15, 0.2) is 34.0 Å². The summed E-state index contributed by atoms with van der Waals surface area (Å²) in [5, 5.41) is 7.79. The Kier molecular flexibility index (Phi) is 2.35. The van der Waals surface area contributed by atoms with E-state index in [1.54, 1.807) is 0 Å². The van der Waals surface area contributed by atoms with Crippen molar-refractivity contribution < 1.29 is 0 Å². The number of rotatable bonds is 1. The predicted octanol–water partition coefficient (Wildman–Crippen LogP) is 0.912. The first-order valence-electron chi connectivity index (χ1n) is 4.78. The third kappa shape index (κ3) is 1.69. The summed E-state index contributed by atoms with van der Waals surface area (Å²) in [7, 11) is 0. The summed E-state index contributed by atoms with van der Waals surface area (Å²) in [4.78, 5) is 0. The Balaban J connectivity index is 2.17. The molecule has 0 spiro atoms. The zero-order chi connectivity index (χ0) is 9.97. The average Bonchev–Trinajstić information content (AvgIpc) is 2.58. The van der Waals surface area contributed by atoms with Crippen LogP contribution in [0.25, 0.3) is 0 Å². The highest BCUT2D eigenvalue weighted by atomic mass is 15.3. The average molecular weight is 190 g/mol. The molecule has 1 saturated carbocycles. The zero-order valence-corrected chi connectivity index (χ0v) is 7.98. The molecule has 1 atom stereocenters. The van der Waals surface area contributed by atoms with Gasteiger partial charge in [0, 0.05) is 11.6 Å². The fourth-order valence-corrected chi connectivity index (χ4v) is 1.97. The van der Waals surface area contributed by atoms with Crippen molar-refractivity contribution in [3.8, 4) is 0 Å². The summed E-state index contributed by atoms with van der Waals surface area (Å²) in [5.74, 6) is 0.476. The van der Waals surface area contributed by atoms with Crippen LogP contribution in [-0.2, 0) is 0 Å². The van der Waals surface area contributed by atoms with Gasteiger partial charge in [-0.1, -0.05) is 23.8 Å². The largest absolute Gasteiger partial charge is 0.369 e. The summed E-state index contributed by atoms with van der Waals surface area (Å²) in [6, 6.07) is 0.